The summed E-state index contributed by atoms with van der Waals surface area (Å²) in [6.45, 7) is 4.76. The second-order valence-corrected chi connectivity index (χ2v) is 3.79. The number of nitrogens with two attached hydrogens (primary N) is 1. The van der Waals surface area contributed by atoms with Gasteiger partial charge in [0.2, 0.25) is 0 Å². The molecule has 0 saturated carbocycles. The van der Waals surface area contributed by atoms with Crippen molar-refractivity contribution in [3.05, 3.63) is 29.8 Å². The van der Waals surface area contributed by atoms with Crippen LogP contribution in [-0.2, 0) is 0 Å². The summed E-state index contributed by atoms with van der Waals surface area (Å²) in [4.78, 5) is 11.7. The van der Waals surface area contributed by atoms with Crippen molar-refractivity contribution in [3.63, 3.8) is 0 Å². The van der Waals surface area contributed by atoms with Crippen LogP contribution in [0.3, 0.4) is 0 Å². The fourth-order valence-electron chi connectivity index (χ4n) is 1.25. The Morgan fingerprint density at radius 2 is 2.25 bits per heavy atom. The maximum Gasteiger partial charge on any atom is 0.251 e. The van der Waals surface area contributed by atoms with Crippen molar-refractivity contribution in [2.24, 2.45) is 5.73 Å². The van der Waals surface area contributed by atoms with E-state index in [0.717, 1.165) is 0 Å². The zero-order valence-corrected chi connectivity index (χ0v) is 9.69. The molecule has 0 radical (unpaired) electrons. The molecule has 0 fully saturated rings. The second kappa shape index (κ2) is 6.12. The normalized spacial score (nSPS) is 10.2. The number of carbonyl (C=O) groups excluding carboxylic acids is 1. The predicted octanol–water partition coefficient (Wildman–Crippen LogP) is 1.16. The highest BCUT2D eigenvalue weighted by Crippen LogP contribution is 2.13. The van der Waals surface area contributed by atoms with Gasteiger partial charge in [0.25, 0.3) is 5.91 Å². The van der Waals surface area contributed by atoms with Gasteiger partial charge in [0.1, 0.15) is 12.4 Å². The molecule has 1 aromatic carbocycles. The number of carbonyl (C=O) groups is 1. The lowest BCUT2D eigenvalue weighted by atomic mass is 10.2. The molecule has 0 heterocycles. The molecule has 1 amide bonds. The van der Waals surface area contributed by atoms with Crippen LogP contribution in [-0.4, -0.2) is 25.1 Å². The Morgan fingerprint density at radius 3 is 2.88 bits per heavy atom. The molecular formula is C12H18N2O2. The average molecular weight is 222 g/mol. The van der Waals surface area contributed by atoms with E-state index in [-0.39, 0.29) is 11.9 Å². The number of benzene rings is 1. The summed E-state index contributed by atoms with van der Waals surface area (Å²) in [6.07, 6.45) is 0. The van der Waals surface area contributed by atoms with Gasteiger partial charge in [-0.2, -0.15) is 0 Å². The van der Waals surface area contributed by atoms with Crippen molar-refractivity contribution in [1.82, 2.24) is 5.32 Å². The second-order valence-electron chi connectivity index (χ2n) is 3.79. The Balaban J connectivity index is 2.69. The Hall–Kier alpha value is -1.55. The van der Waals surface area contributed by atoms with Crippen molar-refractivity contribution in [3.8, 4) is 5.75 Å². The minimum atomic E-state index is -0.0896. The van der Waals surface area contributed by atoms with Gasteiger partial charge < -0.3 is 15.8 Å². The molecule has 4 nitrogen and oxygen atoms in total. The monoisotopic (exact) mass is 222 g/mol. The van der Waals surface area contributed by atoms with E-state index in [1.54, 1.807) is 18.2 Å². The number of amides is 1. The highest BCUT2D eigenvalue weighted by Gasteiger charge is 2.07. The van der Waals surface area contributed by atoms with Crippen LogP contribution in [0.4, 0.5) is 0 Å². The number of rotatable bonds is 5. The van der Waals surface area contributed by atoms with Gasteiger partial charge in [-0.1, -0.05) is 6.07 Å². The van der Waals surface area contributed by atoms with E-state index in [1.165, 1.54) is 0 Å². The van der Waals surface area contributed by atoms with Crippen LogP contribution in [0.25, 0.3) is 0 Å². The Kier molecular flexibility index (Phi) is 4.79. The van der Waals surface area contributed by atoms with E-state index in [4.69, 9.17) is 10.5 Å². The maximum absolute atomic E-state index is 11.7. The van der Waals surface area contributed by atoms with E-state index < -0.39 is 0 Å². The van der Waals surface area contributed by atoms with Crippen molar-refractivity contribution < 1.29 is 9.53 Å². The van der Waals surface area contributed by atoms with Gasteiger partial charge in [0.05, 0.1) is 0 Å². The molecule has 0 bridgehead atoms. The SMILES string of the molecule is CC(C)NC(=O)c1cccc(OCCN)c1. The first-order valence-electron chi connectivity index (χ1n) is 5.37. The first-order valence-corrected chi connectivity index (χ1v) is 5.37. The predicted molar refractivity (Wildman–Crippen MR) is 63.6 cm³/mol. The van der Waals surface area contributed by atoms with Crippen molar-refractivity contribution in [1.29, 1.82) is 0 Å². The smallest absolute Gasteiger partial charge is 0.251 e. The van der Waals surface area contributed by atoms with E-state index in [9.17, 15) is 4.79 Å². The molecule has 4 heteroatoms. The number of hydrogen-bond acceptors (Lipinski definition) is 3. The summed E-state index contributed by atoms with van der Waals surface area (Å²) in [5, 5.41) is 2.82. The van der Waals surface area contributed by atoms with Gasteiger partial charge in [-0.3, -0.25) is 4.79 Å². The zero-order valence-electron chi connectivity index (χ0n) is 9.69. The molecule has 0 aliphatic rings. The van der Waals surface area contributed by atoms with E-state index in [0.29, 0.717) is 24.5 Å². The third-order valence-corrected chi connectivity index (χ3v) is 1.90. The molecule has 3 N–H and O–H groups in total. The van der Waals surface area contributed by atoms with Crippen molar-refractivity contribution in [2.45, 2.75) is 19.9 Å². The van der Waals surface area contributed by atoms with Gasteiger partial charge in [-0.05, 0) is 32.0 Å². The van der Waals surface area contributed by atoms with Gasteiger partial charge >= 0.3 is 0 Å². The van der Waals surface area contributed by atoms with Gasteiger partial charge in [-0.15, -0.1) is 0 Å². The van der Waals surface area contributed by atoms with Crippen molar-refractivity contribution >= 4 is 5.91 Å². The lowest BCUT2D eigenvalue weighted by Crippen LogP contribution is -2.30. The van der Waals surface area contributed by atoms with Crippen LogP contribution in [0, 0.1) is 0 Å². The molecule has 88 valence electrons. The number of hydrogen-bond donors (Lipinski definition) is 2. The fourth-order valence-corrected chi connectivity index (χ4v) is 1.25. The quantitative estimate of drug-likeness (QED) is 0.785. The minimum absolute atomic E-state index is 0.0896. The maximum atomic E-state index is 11.7. The molecular weight excluding hydrogens is 204 g/mol. The molecule has 0 saturated heterocycles. The summed E-state index contributed by atoms with van der Waals surface area (Å²) >= 11 is 0. The first kappa shape index (κ1) is 12.5. The number of ether oxygens (including phenoxy) is 1. The molecule has 16 heavy (non-hydrogen) atoms. The molecule has 1 aromatic rings. The van der Waals surface area contributed by atoms with Crippen LogP contribution in [0.1, 0.15) is 24.2 Å². The summed E-state index contributed by atoms with van der Waals surface area (Å²) in [7, 11) is 0. The van der Waals surface area contributed by atoms with Gasteiger partial charge in [0.15, 0.2) is 0 Å². The molecule has 0 unspecified atom stereocenters. The van der Waals surface area contributed by atoms with Gasteiger partial charge in [0, 0.05) is 18.2 Å². The van der Waals surface area contributed by atoms with Crippen LogP contribution in [0.15, 0.2) is 24.3 Å². The van der Waals surface area contributed by atoms with Gasteiger partial charge in [-0.25, -0.2) is 0 Å². The topological polar surface area (TPSA) is 64.3 Å². The Labute approximate surface area is 95.8 Å². The first-order chi connectivity index (χ1) is 7.63. The zero-order chi connectivity index (χ0) is 12.0. The van der Waals surface area contributed by atoms with E-state index >= 15 is 0 Å². The average Bonchev–Trinajstić information content (AvgIpc) is 2.26. The summed E-state index contributed by atoms with van der Waals surface area (Å²) in [5.74, 6) is 0.579. The highest BCUT2D eigenvalue weighted by atomic mass is 16.5. The standard InChI is InChI=1S/C12H18N2O2/c1-9(2)14-12(15)10-4-3-5-11(8-10)16-7-6-13/h3-5,8-9H,6-7,13H2,1-2H3,(H,14,15). The molecule has 0 aromatic heterocycles. The Bertz CT molecular complexity index is 351. The lowest BCUT2D eigenvalue weighted by molar-refractivity contribution is 0.0942. The summed E-state index contributed by atoms with van der Waals surface area (Å²) < 4.78 is 5.35. The molecule has 0 atom stereocenters. The third-order valence-electron chi connectivity index (χ3n) is 1.90. The summed E-state index contributed by atoms with van der Waals surface area (Å²) in [6, 6.07) is 7.20. The van der Waals surface area contributed by atoms with Crippen molar-refractivity contribution in [2.75, 3.05) is 13.2 Å². The Morgan fingerprint density at radius 1 is 1.50 bits per heavy atom. The van der Waals surface area contributed by atoms with Crippen LogP contribution < -0.4 is 15.8 Å². The molecule has 0 aliphatic heterocycles. The molecule has 0 aliphatic carbocycles. The minimum Gasteiger partial charge on any atom is -0.492 e. The van der Waals surface area contributed by atoms with E-state index in [2.05, 4.69) is 5.32 Å². The highest BCUT2D eigenvalue weighted by molar-refractivity contribution is 5.94. The molecule has 0 spiro atoms. The van der Waals surface area contributed by atoms with Crippen LogP contribution in [0.5, 0.6) is 5.75 Å². The third kappa shape index (κ3) is 3.90. The van der Waals surface area contributed by atoms with Crippen LogP contribution >= 0.6 is 0 Å². The largest absolute Gasteiger partial charge is 0.492 e. The van der Waals surface area contributed by atoms with E-state index in [1.807, 2.05) is 19.9 Å². The van der Waals surface area contributed by atoms with Crippen LogP contribution in [0.2, 0.25) is 0 Å². The lowest BCUT2D eigenvalue weighted by Gasteiger charge is -2.09. The number of nitrogens with one attached hydrogen (secondary N) is 1. The molecule has 1 rings (SSSR count). The summed E-state index contributed by atoms with van der Waals surface area (Å²) in [5.41, 5.74) is 5.94. The fraction of sp³-hybridized carbons (Fsp3) is 0.417.